The summed E-state index contributed by atoms with van der Waals surface area (Å²) < 4.78 is 10.5. The highest BCUT2D eigenvalue weighted by Gasteiger charge is 2.59. The first kappa shape index (κ1) is 26.8. The summed E-state index contributed by atoms with van der Waals surface area (Å²) in [6.07, 6.45) is 0. The van der Waals surface area contributed by atoms with Crippen molar-refractivity contribution in [1.82, 2.24) is 0 Å². The number of ketones is 2. The fraction of sp³-hybridized carbons (Fsp3) is 0.147. The Hall–Kier alpha value is -5.37. The number of carbonyl (C=O) groups excluding carboxylic acids is 4. The van der Waals surface area contributed by atoms with E-state index in [9.17, 15) is 19.2 Å². The van der Waals surface area contributed by atoms with Gasteiger partial charge >= 0.3 is 11.9 Å². The van der Waals surface area contributed by atoms with Crippen LogP contribution < -0.4 is 4.90 Å². The van der Waals surface area contributed by atoms with E-state index >= 15 is 0 Å². The summed E-state index contributed by atoms with van der Waals surface area (Å²) >= 11 is 0. The normalized spacial score (nSPS) is 16.6. The minimum Gasteiger partial charge on any atom is -0.462 e. The summed E-state index contributed by atoms with van der Waals surface area (Å²) in [7, 11) is 0. The van der Waals surface area contributed by atoms with Crippen molar-refractivity contribution in [3.8, 4) is 0 Å². The lowest BCUT2D eigenvalue weighted by Gasteiger charge is -2.43. The second-order valence-corrected chi connectivity index (χ2v) is 9.78. The molecule has 208 valence electrons. The highest BCUT2D eigenvalue weighted by atomic mass is 16.5. The zero-order valence-electron chi connectivity index (χ0n) is 23.0. The lowest BCUT2D eigenvalue weighted by atomic mass is 9.76. The van der Waals surface area contributed by atoms with Crippen LogP contribution in [0.2, 0.25) is 0 Å². The molecule has 0 N–H and O–H groups in total. The van der Waals surface area contributed by atoms with Gasteiger partial charge in [-0.25, -0.2) is 14.6 Å². The van der Waals surface area contributed by atoms with E-state index in [1.807, 2.05) is 24.3 Å². The molecule has 0 bridgehead atoms. The van der Waals surface area contributed by atoms with Crippen LogP contribution in [0.1, 0.15) is 66.4 Å². The number of anilines is 1. The number of aliphatic imine (C=N–C) groups is 1. The van der Waals surface area contributed by atoms with Crippen LogP contribution in [0.4, 0.5) is 11.4 Å². The van der Waals surface area contributed by atoms with E-state index in [1.165, 1.54) is 6.07 Å². The average Bonchev–Trinajstić information content (AvgIpc) is 3.30. The fourth-order valence-electron chi connectivity index (χ4n) is 5.64. The molecule has 1 atom stereocenters. The third-order valence-electron chi connectivity index (χ3n) is 7.42. The Kier molecular flexibility index (Phi) is 6.74. The number of benzene rings is 4. The van der Waals surface area contributed by atoms with Gasteiger partial charge in [0, 0.05) is 16.7 Å². The first-order valence-corrected chi connectivity index (χ1v) is 13.6. The molecular weight excluding hydrogens is 532 g/mol. The standard InChI is InChI=1S/C34H26N2O6/c1-3-41-32(39)22-16-18-28-25(19-22)30(38)34(24-13-9-6-10-14-24)26-20-23(33(40)42-4-2)15-17-27(26)35-31(36(28)34)29(37)21-11-7-5-8-12-21/h5-20H,3-4H2,1-2H3. The molecule has 0 aromatic heterocycles. The third kappa shape index (κ3) is 4.03. The van der Waals surface area contributed by atoms with Crippen molar-refractivity contribution in [2.75, 3.05) is 18.1 Å². The van der Waals surface area contributed by atoms with E-state index in [0.717, 1.165) is 0 Å². The zero-order valence-corrected chi connectivity index (χ0v) is 23.0. The molecule has 2 heterocycles. The van der Waals surface area contributed by atoms with Crippen molar-refractivity contribution in [1.29, 1.82) is 0 Å². The highest BCUT2D eigenvalue weighted by Crippen LogP contribution is 2.54. The Morgan fingerprint density at radius 1 is 0.738 bits per heavy atom. The molecule has 6 rings (SSSR count). The first-order chi connectivity index (χ1) is 20.4. The van der Waals surface area contributed by atoms with E-state index in [0.29, 0.717) is 28.1 Å². The average molecular weight is 559 g/mol. The molecule has 8 nitrogen and oxygen atoms in total. The molecule has 0 aliphatic carbocycles. The smallest absolute Gasteiger partial charge is 0.338 e. The SMILES string of the molecule is CCOC(=O)c1ccc2c(c1)C(=O)C1(c3ccccc3)c3cc(C(=O)OCC)ccc3N=C(C(=O)c3ccccc3)N21. The van der Waals surface area contributed by atoms with E-state index in [-0.39, 0.29) is 47.3 Å². The Labute approximate surface area is 242 Å². The lowest BCUT2D eigenvalue weighted by Crippen LogP contribution is -2.55. The predicted molar refractivity (Wildman–Crippen MR) is 157 cm³/mol. The summed E-state index contributed by atoms with van der Waals surface area (Å²) in [5.74, 6) is -1.82. The quantitative estimate of drug-likeness (QED) is 0.205. The third-order valence-corrected chi connectivity index (χ3v) is 7.42. The van der Waals surface area contributed by atoms with Crippen molar-refractivity contribution < 1.29 is 28.7 Å². The van der Waals surface area contributed by atoms with E-state index in [1.54, 1.807) is 85.5 Å². The molecule has 0 amide bonds. The van der Waals surface area contributed by atoms with Gasteiger partial charge in [-0.15, -0.1) is 0 Å². The Bertz CT molecular complexity index is 1780. The number of rotatable bonds is 7. The number of ether oxygens (including phenoxy) is 2. The van der Waals surface area contributed by atoms with Gasteiger partial charge in [0.05, 0.1) is 35.7 Å². The molecule has 0 fully saturated rings. The van der Waals surface area contributed by atoms with Gasteiger partial charge in [-0.3, -0.25) is 9.59 Å². The molecule has 0 saturated heterocycles. The maximum absolute atomic E-state index is 14.9. The number of amidine groups is 1. The molecule has 4 aromatic carbocycles. The van der Waals surface area contributed by atoms with E-state index < -0.39 is 17.5 Å². The molecule has 4 aromatic rings. The molecule has 0 radical (unpaired) electrons. The van der Waals surface area contributed by atoms with E-state index in [4.69, 9.17) is 14.5 Å². The fourth-order valence-corrected chi connectivity index (χ4v) is 5.64. The molecule has 0 spiro atoms. The Morgan fingerprint density at radius 3 is 1.98 bits per heavy atom. The molecule has 1 unspecified atom stereocenters. The minimum atomic E-state index is -1.60. The highest BCUT2D eigenvalue weighted by molar-refractivity contribution is 6.52. The number of hydrogen-bond donors (Lipinski definition) is 0. The monoisotopic (exact) mass is 558 g/mol. The van der Waals surface area contributed by atoms with Gasteiger partial charge < -0.3 is 14.4 Å². The molecule has 42 heavy (non-hydrogen) atoms. The van der Waals surface area contributed by atoms with Crippen LogP contribution >= 0.6 is 0 Å². The Balaban J connectivity index is 1.68. The molecule has 2 aliphatic rings. The van der Waals surface area contributed by atoms with Crippen molar-refractivity contribution >= 4 is 40.7 Å². The van der Waals surface area contributed by atoms with Crippen LogP contribution in [0, 0.1) is 0 Å². The number of hydrogen-bond acceptors (Lipinski definition) is 8. The molecule has 8 heteroatoms. The maximum atomic E-state index is 14.9. The number of esters is 2. The molecular formula is C34H26N2O6. The van der Waals surface area contributed by atoms with Gasteiger partial charge in [-0.2, -0.15) is 0 Å². The zero-order chi connectivity index (χ0) is 29.4. The topological polar surface area (TPSA) is 102 Å². The first-order valence-electron chi connectivity index (χ1n) is 13.6. The maximum Gasteiger partial charge on any atom is 0.338 e. The molecule has 0 saturated carbocycles. The number of nitrogens with zero attached hydrogens (tertiary/aromatic N) is 2. The van der Waals surface area contributed by atoms with Gasteiger partial charge in [-0.1, -0.05) is 60.7 Å². The van der Waals surface area contributed by atoms with Crippen molar-refractivity contribution in [2.45, 2.75) is 19.4 Å². The summed E-state index contributed by atoms with van der Waals surface area (Å²) in [6.45, 7) is 3.78. The second-order valence-electron chi connectivity index (χ2n) is 9.78. The summed E-state index contributed by atoms with van der Waals surface area (Å²) in [5.41, 5.74) is 1.25. The van der Waals surface area contributed by atoms with E-state index in [2.05, 4.69) is 0 Å². The largest absolute Gasteiger partial charge is 0.462 e. The summed E-state index contributed by atoms with van der Waals surface area (Å²) in [4.78, 5) is 61.0. The van der Waals surface area contributed by atoms with Crippen LogP contribution in [0.25, 0.3) is 0 Å². The summed E-state index contributed by atoms with van der Waals surface area (Å²) in [6, 6.07) is 27.3. The van der Waals surface area contributed by atoms with Crippen LogP contribution in [-0.4, -0.2) is 42.6 Å². The van der Waals surface area contributed by atoms with Crippen molar-refractivity contribution in [2.24, 2.45) is 4.99 Å². The van der Waals surface area contributed by atoms with Gasteiger partial charge in [0.1, 0.15) is 0 Å². The minimum absolute atomic E-state index is 0.0393. The number of Topliss-reactive ketones (excluding diaryl/α,β-unsaturated/α-hetero) is 2. The molecule has 2 aliphatic heterocycles. The predicted octanol–water partition coefficient (Wildman–Crippen LogP) is 5.91. The van der Waals surface area contributed by atoms with Crippen molar-refractivity contribution in [3.05, 3.63) is 130 Å². The van der Waals surface area contributed by atoms with Gasteiger partial charge in [0.25, 0.3) is 0 Å². The van der Waals surface area contributed by atoms with Crippen molar-refractivity contribution in [3.63, 3.8) is 0 Å². The van der Waals surface area contributed by atoms with Crippen LogP contribution in [-0.2, 0) is 15.0 Å². The number of carbonyl (C=O) groups is 4. The van der Waals surface area contributed by atoms with Gasteiger partial charge in [-0.05, 0) is 55.8 Å². The number of fused-ring (bicyclic) bond motifs is 5. The Morgan fingerprint density at radius 2 is 1.33 bits per heavy atom. The van der Waals surface area contributed by atoms with Crippen LogP contribution in [0.5, 0.6) is 0 Å². The second kappa shape index (κ2) is 10.6. The summed E-state index contributed by atoms with van der Waals surface area (Å²) in [5, 5.41) is 0. The van der Waals surface area contributed by atoms with Crippen LogP contribution in [0.15, 0.2) is 102 Å². The van der Waals surface area contributed by atoms with Crippen LogP contribution in [0.3, 0.4) is 0 Å². The van der Waals surface area contributed by atoms with Gasteiger partial charge in [0.2, 0.25) is 5.78 Å². The lowest BCUT2D eigenvalue weighted by molar-refractivity contribution is 0.0516. The van der Waals surface area contributed by atoms with Gasteiger partial charge in [0.15, 0.2) is 17.2 Å².